The van der Waals surface area contributed by atoms with Gasteiger partial charge < -0.3 is 5.32 Å². The molecule has 0 fully saturated rings. The van der Waals surface area contributed by atoms with Gasteiger partial charge in [0.25, 0.3) is 0 Å². The van der Waals surface area contributed by atoms with Crippen molar-refractivity contribution in [2.75, 3.05) is 19.6 Å². The number of nitrogens with zero attached hydrogens (tertiary/aromatic N) is 1. The molecule has 1 aromatic rings. The lowest BCUT2D eigenvalue weighted by molar-refractivity contribution is 0.272. The van der Waals surface area contributed by atoms with Gasteiger partial charge in [-0.15, -0.1) is 11.3 Å². The third-order valence-corrected chi connectivity index (χ3v) is 3.57. The summed E-state index contributed by atoms with van der Waals surface area (Å²) in [7, 11) is 0. The normalized spacial score (nSPS) is 12.3. The predicted octanol–water partition coefficient (Wildman–Crippen LogP) is 3.35. The van der Waals surface area contributed by atoms with Crippen molar-refractivity contribution in [3.05, 3.63) is 22.4 Å². The number of hydrogen-bond donors (Lipinski definition) is 1. The van der Waals surface area contributed by atoms with E-state index in [2.05, 4.69) is 55.4 Å². The van der Waals surface area contributed by atoms with Crippen LogP contribution in [-0.2, 0) is 6.54 Å². The number of rotatable bonds is 7. The molecule has 0 aliphatic heterocycles. The molecule has 1 aromatic heterocycles. The Balaban J connectivity index is 2.19. The van der Waals surface area contributed by atoms with Crippen molar-refractivity contribution in [2.24, 2.45) is 0 Å². The Morgan fingerprint density at radius 2 is 2.12 bits per heavy atom. The fraction of sp³-hybridized carbons (Fsp3) is 0.714. The van der Waals surface area contributed by atoms with Crippen molar-refractivity contribution in [2.45, 2.75) is 46.2 Å². The van der Waals surface area contributed by atoms with Gasteiger partial charge >= 0.3 is 0 Å². The minimum atomic E-state index is 0.241. The second-order valence-corrected chi connectivity index (χ2v) is 6.51. The summed E-state index contributed by atoms with van der Waals surface area (Å²) in [5.74, 6) is 0. The maximum Gasteiger partial charge on any atom is 0.0327 e. The zero-order valence-electron chi connectivity index (χ0n) is 11.6. The Bertz CT molecular complexity index is 288. The summed E-state index contributed by atoms with van der Waals surface area (Å²) in [6.45, 7) is 13.4. The molecule has 0 spiro atoms. The molecule has 0 bridgehead atoms. The molecule has 0 saturated heterocycles. The zero-order chi connectivity index (χ0) is 12.7. The van der Waals surface area contributed by atoms with Crippen LogP contribution < -0.4 is 5.32 Å². The predicted molar refractivity (Wildman–Crippen MR) is 77.6 cm³/mol. The second-order valence-electron chi connectivity index (χ2n) is 5.48. The van der Waals surface area contributed by atoms with E-state index in [-0.39, 0.29) is 5.54 Å². The molecule has 0 saturated carbocycles. The van der Waals surface area contributed by atoms with Crippen LogP contribution >= 0.6 is 11.3 Å². The van der Waals surface area contributed by atoms with E-state index >= 15 is 0 Å². The van der Waals surface area contributed by atoms with E-state index in [9.17, 15) is 0 Å². The summed E-state index contributed by atoms with van der Waals surface area (Å²) < 4.78 is 0. The summed E-state index contributed by atoms with van der Waals surface area (Å²) in [6.07, 6.45) is 1.22. The molecule has 0 atom stereocenters. The fourth-order valence-electron chi connectivity index (χ4n) is 1.74. The maximum atomic E-state index is 3.54. The quantitative estimate of drug-likeness (QED) is 0.751. The Kier molecular flexibility index (Phi) is 6.17. The smallest absolute Gasteiger partial charge is 0.0327 e. The van der Waals surface area contributed by atoms with Gasteiger partial charge in [0.15, 0.2) is 0 Å². The fourth-order valence-corrected chi connectivity index (χ4v) is 2.48. The molecule has 0 aromatic carbocycles. The topological polar surface area (TPSA) is 15.3 Å². The first kappa shape index (κ1) is 14.7. The molecule has 0 unspecified atom stereocenters. The van der Waals surface area contributed by atoms with E-state index in [1.54, 1.807) is 0 Å². The zero-order valence-corrected chi connectivity index (χ0v) is 12.4. The first-order valence-corrected chi connectivity index (χ1v) is 7.39. The lowest BCUT2D eigenvalue weighted by Gasteiger charge is -2.23. The monoisotopic (exact) mass is 254 g/mol. The summed E-state index contributed by atoms with van der Waals surface area (Å²) in [6, 6.07) is 4.36. The summed E-state index contributed by atoms with van der Waals surface area (Å²) >= 11 is 1.85. The van der Waals surface area contributed by atoms with E-state index in [0.29, 0.717) is 0 Å². The van der Waals surface area contributed by atoms with Crippen molar-refractivity contribution >= 4 is 11.3 Å². The highest BCUT2D eigenvalue weighted by Gasteiger charge is 2.08. The van der Waals surface area contributed by atoms with Gasteiger partial charge in [0.2, 0.25) is 0 Å². The van der Waals surface area contributed by atoms with Gasteiger partial charge in [-0.2, -0.15) is 0 Å². The van der Waals surface area contributed by atoms with Crippen molar-refractivity contribution < 1.29 is 0 Å². The highest BCUT2D eigenvalue weighted by atomic mass is 32.1. The third kappa shape index (κ3) is 6.81. The highest BCUT2D eigenvalue weighted by Crippen LogP contribution is 2.11. The number of hydrogen-bond acceptors (Lipinski definition) is 3. The van der Waals surface area contributed by atoms with Gasteiger partial charge in [-0.05, 0) is 58.3 Å². The van der Waals surface area contributed by atoms with Gasteiger partial charge in [0, 0.05) is 17.0 Å². The van der Waals surface area contributed by atoms with E-state index in [4.69, 9.17) is 0 Å². The summed E-state index contributed by atoms with van der Waals surface area (Å²) in [4.78, 5) is 3.98. The molecule has 98 valence electrons. The standard InChI is InChI=1S/C14H26N2S/c1-5-16(12-13-8-6-11-17-13)10-7-9-15-14(2,3)4/h6,8,11,15H,5,7,9-10,12H2,1-4H3. The molecule has 0 amide bonds. The second kappa shape index (κ2) is 7.14. The van der Waals surface area contributed by atoms with Crippen LogP contribution in [0.4, 0.5) is 0 Å². The van der Waals surface area contributed by atoms with Crippen molar-refractivity contribution in [1.29, 1.82) is 0 Å². The van der Waals surface area contributed by atoms with Crippen LogP contribution in [0.2, 0.25) is 0 Å². The largest absolute Gasteiger partial charge is 0.312 e. The van der Waals surface area contributed by atoms with Crippen LogP contribution in [0.1, 0.15) is 39.0 Å². The molecule has 0 aliphatic carbocycles. The molecule has 3 heteroatoms. The van der Waals surface area contributed by atoms with Crippen molar-refractivity contribution in [3.63, 3.8) is 0 Å². The number of nitrogens with one attached hydrogen (secondary N) is 1. The van der Waals surface area contributed by atoms with Gasteiger partial charge in [0.1, 0.15) is 0 Å². The van der Waals surface area contributed by atoms with Gasteiger partial charge in [0.05, 0.1) is 0 Å². The lowest BCUT2D eigenvalue weighted by Crippen LogP contribution is -2.37. The minimum absolute atomic E-state index is 0.241. The Hall–Kier alpha value is -0.380. The average molecular weight is 254 g/mol. The van der Waals surface area contributed by atoms with Gasteiger partial charge in [-0.3, -0.25) is 4.90 Å². The van der Waals surface area contributed by atoms with Gasteiger partial charge in [-0.1, -0.05) is 13.0 Å². The van der Waals surface area contributed by atoms with E-state index < -0.39 is 0 Å². The Morgan fingerprint density at radius 1 is 1.35 bits per heavy atom. The summed E-state index contributed by atoms with van der Waals surface area (Å²) in [5, 5.41) is 5.69. The molecule has 0 radical (unpaired) electrons. The van der Waals surface area contributed by atoms with Gasteiger partial charge in [-0.25, -0.2) is 0 Å². The molecular weight excluding hydrogens is 228 g/mol. The first-order valence-electron chi connectivity index (χ1n) is 6.51. The third-order valence-electron chi connectivity index (χ3n) is 2.71. The average Bonchev–Trinajstić information content (AvgIpc) is 2.73. The molecule has 1 N–H and O–H groups in total. The molecule has 0 aliphatic rings. The Morgan fingerprint density at radius 3 is 2.65 bits per heavy atom. The van der Waals surface area contributed by atoms with E-state index in [1.807, 2.05) is 11.3 Å². The minimum Gasteiger partial charge on any atom is -0.312 e. The molecular formula is C14H26N2S. The molecule has 2 nitrogen and oxygen atoms in total. The molecule has 17 heavy (non-hydrogen) atoms. The molecule has 1 rings (SSSR count). The van der Waals surface area contributed by atoms with Crippen LogP contribution in [0.3, 0.4) is 0 Å². The number of thiophene rings is 1. The highest BCUT2D eigenvalue weighted by molar-refractivity contribution is 7.09. The van der Waals surface area contributed by atoms with E-state index in [0.717, 1.165) is 19.6 Å². The van der Waals surface area contributed by atoms with Crippen LogP contribution in [0.5, 0.6) is 0 Å². The molecule has 1 heterocycles. The Labute approximate surface area is 110 Å². The van der Waals surface area contributed by atoms with Crippen LogP contribution in [0.25, 0.3) is 0 Å². The summed E-state index contributed by atoms with van der Waals surface area (Å²) in [5.41, 5.74) is 0.241. The maximum absolute atomic E-state index is 3.54. The van der Waals surface area contributed by atoms with Crippen molar-refractivity contribution in [1.82, 2.24) is 10.2 Å². The SMILES string of the molecule is CCN(CCCNC(C)(C)C)Cc1cccs1. The lowest BCUT2D eigenvalue weighted by atomic mass is 10.1. The van der Waals surface area contributed by atoms with Crippen molar-refractivity contribution in [3.8, 4) is 0 Å². The van der Waals surface area contributed by atoms with Crippen LogP contribution in [0.15, 0.2) is 17.5 Å². The first-order chi connectivity index (χ1) is 8.01. The van der Waals surface area contributed by atoms with Crippen LogP contribution in [0, 0.1) is 0 Å². The van der Waals surface area contributed by atoms with E-state index in [1.165, 1.54) is 17.8 Å². The van der Waals surface area contributed by atoms with Crippen LogP contribution in [-0.4, -0.2) is 30.1 Å².